The summed E-state index contributed by atoms with van der Waals surface area (Å²) in [7, 11) is 0. The van der Waals surface area contributed by atoms with Gasteiger partial charge in [-0.15, -0.1) is 24.0 Å². The summed E-state index contributed by atoms with van der Waals surface area (Å²) < 4.78 is 0. The Hall–Kier alpha value is -1.51. The second-order valence-corrected chi connectivity index (χ2v) is 6.95. The van der Waals surface area contributed by atoms with E-state index >= 15 is 0 Å². The summed E-state index contributed by atoms with van der Waals surface area (Å²) in [5.74, 6) is 0.927. The first-order valence-electron chi connectivity index (χ1n) is 9.72. The first-order valence-corrected chi connectivity index (χ1v) is 9.72. The molecular formula is C20H34IN5O. The SMILES string of the molecule is CCNC(=NCCNC(=O)C(C)C)NC1CCN(c2ccccc2)CC1.I. The summed E-state index contributed by atoms with van der Waals surface area (Å²) in [5, 5.41) is 9.73. The first-order chi connectivity index (χ1) is 12.6. The summed E-state index contributed by atoms with van der Waals surface area (Å²) in [6.45, 7) is 9.93. The highest BCUT2D eigenvalue weighted by molar-refractivity contribution is 14.0. The molecule has 0 bridgehead atoms. The molecule has 1 aromatic rings. The van der Waals surface area contributed by atoms with Crippen LogP contribution in [0.15, 0.2) is 35.3 Å². The number of hydrogen-bond acceptors (Lipinski definition) is 3. The minimum absolute atomic E-state index is 0. The molecule has 1 aliphatic heterocycles. The normalized spacial score (nSPS) is 15.3. The maximum atomic E-state index is 11.6. The topological polar surface area (TPSA) is 68.8 Å². The molecule has 1 aliphatic rings. The van der Waals surface area contributed by atoms with Gasteiger partial charge in [-0.3, -0.25) is 9.79 Å². The zero-order valence-corrected chi connectivity index (χ0v) is 19.0. The quantitative estimate of drug-likeness (QED) is 0.240. The molecule has 2 rings (SSSR count). The molecule has 152 valence electrons. The summed E-state index contributed by atoms with van der Waals surface area (Å²) in [6, 6.07) is 11.0. The molecule has 1 amide bonds. The van der Waals surface area contributed by atoms with Crippen LogP contribution in [-0.4, -0.2) is 50.6 Å². The molecule has 6 nitrogen and oxygen atoms in total. The Balaban J connectivity index is 0.00000364. The van der Waals surface area contributed by atoms with Crippen LogP contribution in [-0.2, 0) is 4.79 Å². The number of rotatable bonds is 7. The van der Waals surface area contributed by atoms with Gasteiger partial charge in [0.1, 0.15) is 0 Å². The third kappa shape index (κ3) is 8.36. The second-order valence-electron chi connectivity index (χ2n) is 6.95. The maximum absolute atomic E-state index is 11.6. The highest BCUT2D eigenvalue weighted by Crippen LogP contribution is 2.19. The van der Waals surface area contributed by atoms with Crippen molar-refractivity contribution in [1.29, 1.82) is 0 Å². The van der Waals surface area contributed by atoms with E-state index in [9.17, 15) is 4.79 Å². The molecule has 3 N–H and O–H groups in total. The van der Waals surface area contributed by atoms with Gasteiger partial charge >= 0.3 is 0 Å². The summed E-state index contributed by atoms with van der Waals surface area (Å²) in [5.41, 5.74) is 1.30. The Morgan fingerprint density at radius 3 is 2.44 bits per heavy atom. The predicted octanol–water partition coefficient (Wildman–Crippen LogP) is 2.60. The van der Waals surface area contributed by atoms with Crippen molar-refractivity contribution in [1.82, 2.24) is 16.0 Å². The van der Waals surface area contributed by atoms with Crippen LogP contribution in [0.4, 0.5) is 5.69 Å². The predicted molar refractivity (Wildman–Crippen MR) is 124 cm³/mol. The maximum Gasteiger partial charge on any atom is 0.222 e. The van der Waals surface area contributed by atoms with E-state index in [0.717, 1.165) is 38.4 Å². The number of nitrogens with zero attached hydrogens (tertiary/aromatic N) is 2. The molecule has 7 heteroatoms. The van der Waals surface area contributed by atoms with Crippen LogP contribution < -0.4 is 20.9 Å². The lowest BCUT2D eigenvalue weighted by molar-refractivity contribution is -0.123. The fourth-order valence-electron chi connectivity index (χ4n) is 2.99. The lowest BCUT2D eigenvalue weighted by Crippen LogP contribution is -2.49. The monoisotopic (exact) mass is 487 g/mol. The molecule has 0 atom stereocenters. The van der Waals surface area contributed by atoms with Crippen molar-refractivity contribution in [2.45, 2.75) is 39.7 Å². The van der Waals surface area contributed by atoms with E-state index < -0.39 is 0 Å². The van der Waals surface area contributed by atoms with E-state index in [0.29, 0.717) is 19.1 Å². The number of anilines is 1. The number of benzene rings is 1. The summed E-state index contributed by atoms with van der Waals surface area (Å²) >= 11 is 0. The number of piperidine rings is 1. The zero-order valence-electron chi connectivity index (χ0n) is 16.7. The standard InChI is InChI=1S/C20H33N5O.HI/c1-4-21-20(23-13-12-22-19(26)16(2)3)24-17-10-14-25(15-11-17)18-8-6-5-7-9-18;/h5-9,16-17H,4,10-15H2,1-3H3,(H,22,26)(H2,21,23,24);1H. The van der Waals surface area contributed by atoms with Crippen LogP contribution in [0.3, 0.4) is 0 Å². The van der Waals surface area contributed by atoms with E-state index in [4.69, 9.17) is 0 Å². The van der Waals surface area contributed by atoms with Crippen LogP contribution in [0.1, 0.15) is 33.6 Å². The van der Waals surface area contributed by atoms with Crippen molar-refractivity contribution >= 4 is 41.5 Å². The Morgan fingerprint density at radius 1 is 1.19 bits per heavy atom. The molecule has 1 fully saturated rings. The van der Waals surface area contributed by atoms with Gasteiger partial charge in [0.2, 0.25) is 5.91 Å². The largest absolute Gasteiger partial charge is 0.371 e. The number of para-hydroxylation sites is 1. The minimum Gasteiger partial charge on any atom is -0.371 e. The average Bonchev–Trinajstić information content (AvgIpc) is 2.66. The third-order valence-electron chi connectivity index (χ3n) is 4.51. The molecule has 1 heterocycles. The fraction of sp³-hybridized carbons (Fsp3) is 0.600. The van der Waals surface area contributed by atoms with Crippen LogP contribution in [0.5, 0.6) is 0 Å². The van der Waals surface area contributed by atoms with Gasteiger partial charge in [0.15, 0.2) is 5.96 Å². The van der Waals surface area contributed by atoms with Gasteiger partial charge in [-0.2, -0.15) is 0 Å². The molecule has 1 aromatic carbocycles. The van der Waals surface area contributed by atoms with Crippen LogP contribution in [0, 0.1) is 5.92 Å². The van der Waals surface area contributed by atoms with Crippen molar-refractivity contribution in [2.75, 3.05) is 37.6 Å². The van der Waals surface area contributed by atoms with Crippen LogP contribution in [0.25, 0.3) is 0 Å². The smallest absolute Gasteiger partial charge is 0.222 e. The molecule has 0 radical (unpaired) electrons. The molecule has 0 saturated carbocycles. The molecular weight excluding hydrogens is 453 g/mol. The molecule has 27 heavy (non-hydrogen) atoms. The molecule has 0 aromatic heterocycles. The lowest BCUT2D eigenvalue weighted by atomic mass is 10.0. The van der Waals surface area contributed by atoms with Gasteiger partial charge in [-0.1, -0.05) is 32.0 Å². The Kier molecular flexibility index (Phi) is 11.2. The number of guanidine groups is 1. The Morgan fingerprint density at radius 2 is 1.85 bits per heavy atom. The van der Waals surface area contributed by atoms with Gasteiger partial charge < -0.3 is 20.9 Å². The van der Waals surface area contributed by atoms with E-state index in [-0.39, 0.29) is 35.8 Å². The van der Waals surface area contributed by atoms with Gasteiger partial charge in [-0.05, 0) is 31.9 Å². The van der Waals surface area contributed by atoms with E-state index in [1.54, 1.807) is 0 Å². The number of carbonyl (C=O) groups is 1. The van der Waals surface area contributed by atoms with Gasteiger partial charge in [0, 0.05) is 43.8 Å². The zero-order chi connectivity index (χ0) is 18.8. The van der Waals surface area contributed by atoms with E-state index in [1.165, 1.54) is 5.69 Å². The number of aliphatic imine (C=N–C) groups is 1. The molecule has 0 aliphatic carbocycles. The van der Waals surface area contributed by atoms with Crippen molar-refractivity contribution in [2.24, 2.45) is 10.9 Å². The fourth-order valence-corrected chi connectivity index (χ4v) is 2.99. The van der Waals surface area contributed by atoms with Crippen molar-refractivity contribution < 1.29 is 4.79 Å². The first kappa shape index (κ1) is 23.5. The highest BCUT2D eigenvalue weighted by Gasteiger charge is 2.20. The van der Waals surface area contributed by atoms with E-state index in [1.807, 2.05) is 13.8 Å². The Labute approximate surface area is 180 Å². The van der Waals surface area contributed by atoms with Gasteiger partial charge in [0.25, 0.3) is 0 Å². The van der Waals surface area contributed by atoms with Crippen LogP contribution >= 0.6 is 24.0 Å². The second kappa shape index (κ2) is 12.8. The van der Waals surface area contributed by atoms with Crippen molar-refractivity contribution in [3.8, 4) is 0 Å². The molecule has 0 spiro atoms. The number of amides is 1. The Bertz CT molecular complexity index is 571. The summed E-state index contributed by atoms with van der Waals surface area (Å²) in [6.07, 6.45) is 2.17. The van der Waals surface area contributed by atoms with Gasteiger partial charge in [-0.25, -0.2) is 0 Å². The van der Waals surface area contributed by atoms with Gasteiger partial charge in [0.05, 0.1) is 6.54 Å². The van der Waals surface area contributed by atoms with Crippen molar-refractivity contribution in [3.05, 3.63) is 30.3 Å². The summed E-state index contributed by atoms with van der Waals surface area (Å²) in [4.78, 5) is 18.6. The van der Waals surface area contributed by atoms with Crippen molar-refractivity contribution in [3.63, 3.8) is 0 Å². The molecule has 1 saturated heterocycles. The highest BCUT2D eigenvalue weighted by atomic mass is 127. The molecule has 0 unspecified atom stereocenters. The lowest BCUT2D eigenvalue weighted by Gasteiger charge is -2.34. The third-order valence-corrected chi connectivity index (χ3v) is 4.51. The van der Waals surface area contributed by atoms with Crippen LogP contribution in [0.2, 0.25) is 0 Å². The van der Waals surface area contributed by atoms with E-state index in [2.05, 4.69) is 63.1 Å². The average molecular weight is 487 g/mol. The number of nitrogens with one attached hydrogen (secondary N) is 3. The minimum atomic E-state index is 0. The number of hydrogen-bond donors (Lipinski definition) is 3. The number of carbonyl (C=O) groups excluding carboxylic acids is 1. The number of halogens is 1.